The summed E-state index contributed by atoms with van der Waals surface area (Å²) in [6.45, 7) is 5.84. The van der Waals surface area contributed by atoms with Gasteiger partial charge in [-0.3, -0.25) is 9.59 Å². The van der Waals surface area contributed by atoms with Crippen LogP contribution >= 0.6 is 0 Å². The van der Waals surface area contributed by atoms with E-state index in [1.165, 1.54) is 19.2 Å². The van der Waals surface area contributed by atoms with E-state index in [1.807, 2.05) is 25.3 Å². The van der Waals surface area contributed by atoms with E-state index < -0.39 is 0 Å². The Morgan fingerprint density at radius 1 is 1.29 bits per heavy atom. The number of rotatable bonds is 4. The van der Waals surface area contributed by atoms with E-state index in [1.54, 1.807) is 6.33 Å². The molecule has 2 rings (SSSR count). The number of carbonyl (C=O) groups is 1. The Kier molecular flexibility index (Phi) is 4.15. The number of hydrogen-bond donors (Lipinski definition) is 1. The lowest BCUT2D eigenvalue weighted by Gasteiger charge is -2.16. The molecular formula is C13H18N6O2. The maximum absolute atomic E-state index is 12.1. The van der Waals surface area contributed by atoms with Gasteiger partial charge in [0.25, 0.3) is 11.5 Å². The van der Waals surface area contributed by atoms with Crippen molar-refractivity contribution in [1.82, 2.24) is 29.9 Å². The van der Waals surface area contributed by atoms with E-state index in [0.717, 1.165) is 4.68 Å². The van der Waals surface area contributed by atoms with Crippen molar-refractivity contribution in [2.75, 3.05) is 0 Å². The first-order chi connectivity index (χ1) is 9.90. The van der Waals surface area contributed by atoms with Crippen molar-refractivity contribution < 1.29 is 4.79 Å². The summed E-state index contributed by atoms with van der Waals surface area (Å²) in [6, 6.07) is 2.59. The Balaban J connectivity index is 2.17. The van der Waals surface area contributed by atoms with Gasteiger partial charge in [-0.05, 0) is 26.8 Å². The van der Waals surface area contributed by atoms with E-state index in [2.05, 4.69) is 20.6 Å². The van der Waals surface area contributed by atoms with E-state index in [4.69, 9.17) is 0 Å². The second kappa shape index (κ2) is 5.86. The molecular weight excluding hydrogens is 272 g/mol. The molecule has 112 valence electrons. The summed E-state index contributed by atoms with van der Waals surface area (Å²) in [6.07, 6.45) is 1.63. The smallest absolute Gasteiger partial charge is 0.272 e. The topological polar surface area (TPSA) is 94.7 Å². The zero-order chi connectivity index (χ0) is 15.6. The quantitative estimate of drug-likeness (QED) is 0.882. The van der Waals surface area contributed by atoms with Crippen molar-refractivity contribution in [3.8, 4) is 0 Å². The van der Waals surface area contributed by atoms with Gasteiger partial charge in [0.15, 0.2) is 5.82 Å². The fraction of sp³-hybridized carbons (Fsp3) is 0.462. The largest absolute Gasteiger partial charge is 0.341 e. The van der Waals surface area contributed by atoms with Crippen LogP contribution in [0.3, 0.4) is 0 Å². The number of aryl methyl sites for hydroxylation is 1. The molecule has 0 bridgehead atoms. The number of amides is 1. The molecule has 0 saturated carbocycles. The Bertz CT molecular complexity index is 703. The lowest BCUT2D eigenvalue weighted by molar-refractivity contribution is 0.0930. The van der Waals surface area contributed by atoms with Crippen LogP contribution in [0.2, 0.25) is 0 Å². The molecule has 0 unspecified atom stereocenters. The van der Waals surface area contributed by atoms with Crippen molar-refractivity contribution in [2.24, 2.45) is 7.05 Å². The minimum Gasteiger partial charge on any atom is -0.341 e. The van der Waals surface area contributed by atoms with E-state index in [9.17, 15) is 9.59 Å². The Hall–Kier alpha value is -2.51. The first-order valence-electron chi connectivity index (χ1n) is 6.64. The summed E-state index contributed by atoms with van der Waals surface area (Å²) in [5.74, 6) is 0.305. The van der Waals surface area contributed by atoms with Gasteiger partial charge in [0.2, 0.25) is 0 Å². The molecule has 0 aliphatic carbocycles. The molecule has 2 aromatic rings. The number of carbonyl (C=O) groups excluding carboxylic acids is 1. The lowest BCUT2D eigenvalue weighted by atomic mass is 10.2. The Morgan fingerprint density at radius 2 is 2.00 bits per heavy atom. The number of hydrogen-bond acceptors (Lipinski definition) is 5. The summed E-state index contributed by atoms with van der Waals surface area (Å²) < 4.78 is 3.01. The third-order valence-electron chi connectivity index (χ3n) is 3.09. The highest BCUT2D eigenvalue weighted by molar-refractivity contribution is 5.92. The molecule has 0 radical (unpaired) electrons. The molecule has 21 heavy (non-hydrogen) atoms. The van der Waals surface area contributed by atoms with Crippen LogP contribution < -0.4 is 10.9 Å². The SMILES string of the molecule is CC(C)n1cnnc1[C@H](C)NC(=O)c1ccc(=O)n(C)n1. The summed E-state index contributed by atoms with van der Waals surface area (Å²) in [5.41, 5.74) is -0.0845. The Morgan fingerprint density at radius 3 is 2.62 bits per heavy atom. The first-order valence-corrected chi connectivity index (χ1v) is 6.64. The first kappa shape index (κ1) is 14.9. The van der Waals surface area contributed by atoms with Gasteiger partial charge in [-0.25, -0.2) is 4.68 Å². The van der Waals surface area contributed by atoms with Gasteiger partial charge in [0.1, 0.15) is 12.0 Å². The second-order valence-electron chi connectivity index (χ2n) is 5.07. The monoisotopic (exact) mass is 290 g/mol. The standard InChI is InChI=1S/C13H18N6O2/c1-8(2)19-7-14-16-12(19)9(3)15-13(21)10-5-6-11(20)18(4)17-10/h5-9H,1-4H3,(H,15,21)/t9-/m0/s1. The van der Waals surface area contributed by atoms with Gasteiger partial charge in [0.05, 0.1) is 6.04 Å². The van der Waals surface area contributed by atoms with Crippen LogP contribution in [0.15, 0.2) is 23.3 Å². The highest BCUT2D eigenvalue weighted by atomic mass is 16.2. The minimum atomic E-state index is -0.364. The van der Waals surface area contributed by atoms with Crippen molar-refractivity contribution in [1.29, 1.82) is 0 Å². The third-order valence-corrected chi connectivity index (χ3v) is 3.09. The molecule has 1 amide bonds. The lowest BCUT2D eigenvalue weighted by Crippen LogP contribution is -2.31. The van der Waals surface area contributed by atoms with Crippen molar-refractivity contribution in [3.63, 3.8) is 0 Å². The van der Waals surface area contributed by atoms with E-state index in [0.29, 0.717) is 5.82 Å². The molecule has 0 aliphatic rings. The Labute approximate surface area is 121 Å². The predicted octanol–water partition coefficient (Wildman–Crippen LogP) is 0.444. The van der Waals surface area contributed by atoms with Crippen LogP contribution in [0.4, 0.5) is 0 Å². The molecule has 0 aromatic carbocycles. The van der Waals surface area contributed by atoms with E-state index in [-0.39, 0.29) is 29.2 Å². The van der Waals surface area contributed by atoms with Crippen LogP contribution in [0.5, 0.6) is 0 Å². The number of aromatic nitrogens is 5. The average molecular weight is 290 g/mol. The number of nitrogens with zero attached hydrogens (tertiary/aromatic N) is 5. The van der Waals surface area contributed by atoms with Crippen LogP contribution in [0, 0.1) is 0 Å². The molecule has 0 spiro atoms. The molecule has 0 saturated heterocycles. The van der Waals surface area contributed by atoms with Crippen LogP contribution in [0.25, 0.3) is 0 Å². The zero-order valence-electron chi connectivity index (χ0n) is 12.4. The molecule has 2 aromatic heterocycles. The van der Waals surface area contributed by atoms with Crippen molar-refractivity contribution in [3.05, 3.63) is 40.3 Å². The molecule has 8 heteroatoms. The number of nitrogens with one attached hydrogen (secondary N) is 1. The van der Waals surface area contributed by atoms with Gasteiger partial charge in [0, 0.05) is 19.2 Å². The normalized spacial score (nSPS) is 12.4. The third kappa shape index (κ3) is 3.15. The van der Waals surface area contributed by atoms with Crippen molar-refractivity contribution >= 4 is 5.91 Å². The van der Waals surface area contributed by atoms with Crippen LogP contribution in [-0.2, 0) is 7.05 Å². The highest BCUT2D eigenvalue weighted by Gasteiger charge is 2.18. The molecule has 0 aliphatic heterocycles. The summed E-state index contributed by atoms with van der Waals surface area (Å²) >= 11 is 0. The molecule has 8 nitrogen and oxygen atoms in total. The second-order valence-corrected chi connectivity index (χ2v) is 5.07. The minimum absolute atomic E-state index is 0.180. The van der Waals surface area contributed by atoms with Gasteiger partial charge in [-0.2, -0.15) is 5.10 Å². The fourth-order valence-electron chi connectivity index (χ4n) is 1.92. The van der Waals surface area contributed by atoms with Crippen molar-refractivity contribution in [2.45, 2.75) is 32.9 Å². The van der Waals surface area contributed by atoms with Gasteiger partial charge < -0.3 is 9.88 Å². The van der Waals surface area contributed by atoms with Gasteiger partial charge in [-0.15, -0.1) is 10.2 Å². The maximum Gasteiger partial charge on any atom is 0.272 e. The molecule has 2 heterocycles. The van der Waals surface area contributed by atoms with Crippen LogP contribution in [0.1, 0.15) is 49.2 Å². The molecule has 0 fully saturated rings. The maximum atomic E-state index is 12.1. The summed E-state index contributed by atoms with van der Waals surface area (Å²) in [5, 5.41) is 14.6. The highest BCUT2D eigenvalue weighted by Crippen LogP contribution is 2.14. The molecule has 1 N–H and O–H groups in total. The van der Waals surface area contributed by atoms with Gasteiger partial charge in [-0.1, -0.05) is 0 Å². The van der Waals surface area contributed by atoms with Crippen LogP contribution in [-0.4, -0.2) is 30.5 Å². The fourth-order valence-corrected chi connectivity index (χ4v) is 1.92. The zero-order valence-corrected chi connectivity index (χ0v) is 12.4. The van der Waals surface area contributed by atoms with E-state index >= 15 is 0 Å². The average Bonchev–Trinajstić information content (AvgIpc) is 2.91. The predicted molar refractivity (Wildman–Crippen MR) is 75.8 cm³/mol. The van der Waals surface area contributed by atoms with Gasteiger partial charge >= 0.3 is 0 Å². The summed E-state index contributed by atoms with van der Waals surface area (Å²) in [7, 11) is 1.50. The molecule has 1 atom stereocenters. The summed E-state index contributed by atoms with van der Waals surface area (Å²) in [4.78, 5) is 23.4.